The molecule has 0 aromatic carbocycles. The van der Waals surface area contributed by atoms with E-state index < -0.39 is 0 Å². The van der Waals surface area contributed by atoms with Crippen molar-refractivity contribution in [2.24, 2.45) is 0 Å². The van der Waals surface area contributed by atoms with Crippen LogP contribution in [0.3, 0.4) is 0 Å². The van der Waals surface area contributed by atoms with E-state index in [1.165, 1.54) is 12.8 Å². The highest BCUT2D eigenvalue weighted by molar-refractivity contribution is 4.95. The molecule has 106 valence electrons. The molecule has 19 heavy (non-hydrogen) atoms. The maximum atomic E-state index is 5.72. The zero-order valence-corrected chi connectivity index (χ0v) is 11.5. The lowest BCUT2D eigenvalue weighted by atomic mass is 10.2. The summed E-state index contributed by atoms with van der Waals surface area (Å²) < 4.78 is 11.0. The summed E-state index contributed by atoms with van der Waals surface area (Å²) in [5.41, 5.74) is 0. The molecule has 6 nitrogen and oxygen atoms in total. The Kier molecular flexibility index (Phi) is 4.10. The Labute approximate surface area is 113 Å². The second kappa shape index (κ2) is 5.98. The third-order valence-electron chi connectivity index (χ3n) is 3.72. The molecule has 2 heterocycles. The van der Waals surface area contributed by atoms with E-state index in [0.717, 1.165) is 45.2 Å². The van der Waals surface area contributed by atoms with Crippen molar-refractivity contribution in [1.82, 2.24) is 20.4 Å². The van der Waals surface area contributed by atoms with Crippen LogP contribution in [0.25, 0.3) is 0 Å². The van der Waals surface area contributed by atoms with E-state index in [1.54, 1.807) is 0 Å². The molecule has 1 aliphatic heterocycles. The summed E-state index contributed by atoms with van der Waals surface area (Å²) in [6, 6.07) is 0.724. The number of nitrogens with zero attached hydrogens (tertiary/aromatic N) is 3. The van der Waals surface area contributed by atoms with Gasteiger partial charge in [0.15, 0.2) is 0 Å². The van der Waals surface area contributed by atoms with E-state index in [0.29, 0.717) is 11.7 Å². The van der Waals surface area contributed by atoms with Gasteiger partial charge in [0.05, 0.1) is 6.61 Å². The average Bonchev–Trinajstić information content (AvgIpc) is 3.15. The molecule has 0 bridgehead atoms. The summed E-state index contributed by atoms with van der Waals surface area (Å²) in [4.78, 5) is 6.80. The Morgan fingerprint density at radius 3 is 3.11 bits per heavy atom. The van der Waals surface area contributed by atoms with Crippen molar-refractivity contribution in [3.63, 3.8) is 0 Å². The van der Waals surface area contributed by atoms with E-state index in [1.807, 2.05) is 0 Å². The molecule has 1 aliphatic carbocycles. The third-order valence-corrected chi connectivity index (χ3v) is 3.72. The van der Waals surface area contributed by atoms with Gasteiger partial charge in [0.2, 0.25) is 11.7 Å². The largest absolute Gasteiger partial charge is 0.367 e. The zero-order valence-electron chi connectivity index (χ0n) is 11.5. The lowest BCUT2D eigenvalue weighted by Crippen LogP contribution is -2.38. The van der Waals surface area contributed by atoms with Gasteiger partial charge in [-0.2, -0.15) is 4.98 Å². The molecule has 0 spiro atoms. The number of morpholine rings is 1. The van der Waals surface area contributed by atoms with Crippen LogP contribution in [0.1, 0.15) is 37.6 Å². The summed E-state index contributed by atoms with van der Waals surface area (Å²) in [5.74, 6) is 1.40. The van der Waals surface area contributed by atoms with Crippen LogP contribution in [0.15, 0.2) is 4.52 Å². The molecule has 2 aliphatic rings. The van der Waals surface area contributed by atoms with Crippen molar-refractivity contribution < 1.29 is 9.26 Å². The first-order valence-electron chi connectivity index (χ1n) is 7.25. The van der Waals surface area contributed by atoms with Crippen molar-refractivity contribution in [3.8, 4) is 0 Å². The molecule has 1 saturated heterocycles. The predicted molar refractivity (Wildman–Crippen MR) is 69.8 cm³/mol. The van der Waals surface area contributed by atoms with E-state index in [2.05, 4.69) is 27.3 Å². The van der Waals surface area contributed by atoms with Crippen LogP contribution >= 0.6 is 0 Å². The number of aromatic nitrogens is 2. The van der Waals surface area contributed by atoms with E-state index in [9.17, 15) is 0 Å². The normalized spacial score (nSPS) is 24.8. The molecule has 2 fully saturated rings. The van der Waals surface area contributed by atoms with Crippen LogP contribution in [0.5, 0.6) is 0 Å². The first-order valence-corrected chi connectivity index (χ1v) is 7.25. The molecule has 1 atom stereocenters. The minimum atomic E-state index is -0.0393. The van der Waals surface area contributed by atoms with Crippen LogP contribution < -0.4 is 5.32 Å². The molecule has 1 saturated carbocycles. The lowest BCUT2D eigenvalue weighted by Gasteiger charge is -2.30. The van der Waals surface area contributed by atoms with Gasteiger partial charge in [-0.05, 0) is 19.4 Å². The van der Waals surface area contributed by atoms with Crippen LogP contribution in [-0.2, 0) is 11.2 Å². The van der Waals surface area contributed by atoms with Gasteiger partial charge in [-0.3, -0.25) is 4.90 Å². The predicted octanol–water partition coefficient (Wildman–Crippen LogP) is 0.757. The number of hydrogen-bond donors (Lipinski definition) is 1. The molecule has 1 N–H and O–H groups in total. The van der Waals surface area contributed by atoms with Crippen LogP contribution in [-0.4, -0.2) is 53.9 Å². The molecule has 6 heteroatoms. The van der Waals surface area contributed by atoms with Gasteiger partial charge in [0.1, 0.15) is 6.10 Å². The average molecular weight is 266 g/mol. The van der Waals surface area contributed by atoms with Crippen molar-refractivity contribution in [2.75, 3.05) is 32.8 Å². The minimum absolute atomic E-state index is 0.0393. The van der Waals surface area contributed by atoms with Crippen LogP contribution in [0, 0.1) is 0 Å². The second-order valence-electron chi connectivity index (χ2n) is 5.28. The standard InChI is InChI=1S/C13H22N4O2/c1-2-17-7-8-18-11(9-17)13-15-12(19-16-13)5-6-14-10-3-4-10/h10-11,14H,2-9H2,1H3. The molecule has 0 radical (unpaired) electrons. The second-order valence-corrected chi connectivity index (χ2v) is 5.28. The molecule has 3 rings (SSSR count). The van der Waals surface area contributed by atoms with Crippen molar-refractivity contribution in [3.05, 3.63) is 11.7 Å². The fourth-order valence-electron chi connectivity index (χ4n) is 2.32. The molecule has 1 aromatic rings. The quantitative estimate of drug-likeness (QED) is 0.820. The number of ether oxygens (including phenoxy) is 1. The lowest BCUT2D eigenvalue weighted by molar-refractivity contribution is -0.0334. The fourth-order valence-corrected chi connectivity index (χ4v) is 2.32. The Bertz CT molecular complexity index is 405. The number of nitrogens with one attached hydrogen (secondary N) is 1. The number of rotatable bonds is 6. The first-order chi connectivity index (χ1) is 9.35. The SMILES string of the molecule is CCN1CCOC(c2noc(CCNC3CC3)n2)C1. The molecule has 1 aromatic heterocycles. The van der Waals surface area contributed by atoms with Gasteiger partial charge in [-0.25, -0.2) is 0 Å². The topological polar surface area (TPSA) is 63.4 Å². The third kappa shape index (κ3) is 3.52. The Hall–Kier alpha value is -0.980. The van der Waals surface area contributed by atoms with Crippen molar-refractivity contribution in [1.29, 1.82) is 0 Å². The maximum Gasteiger partial charge on any atom is 0.228 e. The minimum Gasteiger partial charge on any atom is -0.367 e. The Morgan fingerprint density at radius 1 is 1.42 bits per heavy atom. The van der Waals surface area contributed by atoms with E-state index in [-0.39, 0.29) is 6.10 Å². The highest BCUT2D eigenvalue weighted by atomic mass is 16.5. The van der Waals surface area contributed by atoms with Gasteiger partial charge in [-0.15, -0.1) is 0 Å². The molecule has 1 unspecified atom stereocenters. The first kappa shape index (κ1) is 13.0. The number of likely N-dealkylation sites (N-methyl/N-ethyl adjacent to an activating group) is 1. The summed E-state index contributed by atoms with van der Waals surface area (Å²) >= 11 is 0. The number of hydrogen-bond acceptors (Lipinski definition) is 6. The summed E-state index contributed by atoms with van der Waals surface area (Å²) in [6.45, 7) is 6.70. The summed E-state index contributed by atoms with van der Waals surface area (Å²) in [7, 11) is 0. The molecular weight excluding hydrogens is 244 g/mol. The smallest absolute Gasteiger partial charge is 0.228 e. The molecular formula is C13H22N4O2. The monoisotopic (exact) mass is 266 g/mol. The van der Waals surface area contributed by atoms with E-state index >= 15 is 0 Å². The molecule has 0 amide bonds. The van der Waals surface area contributed by atoms with Crippen molar-refractivity contribution in [2.45, 2.75) is 38.3 Å². The van der Waals surface area contributed by atoms with E-state index in [4.69, 9.17) is 9.26 Å². The summed E-state index contributed by atoms with van der Waals surface area (Å²) in [5, 5.41) is 7.50. The van der Waals surface area contributed by atoms with Crippen molar-refractivity contribution >= 4 is 0 Å². The van der Waals surface area contributed by atoms with Gasteiger partial charge in [-0.1, -0.05) is 12.1 Å². The Balaban J connectivity index is 1.51. The maximum absolute atomic E-state index is 5.72. The van der Waals surface area contributed by atoms with Crippen LogP contribution in [0.2, 0.25) is 0 Å². The Morgan fingerprint density at radius 2 is 2.32 bits per heavy atom. The summed E-state index contributed by atoms with van der Waals surface area (Å²) in [6.07, 6.45) is 3.37. The highest BCUT2D eigenvalue weighted by Gasteiger charge is 2.25. The van der Waals surface area contributed by atoms with Gasteiger partial charge < -0.3 is 14.6 Å². The highest BCUT2D eigenvalue weighted by Crippen LogP contribution is 2.20. The van der Waals surface area contributed by atoms with Gasteiger partial charge in [0, 0.05) is 32.1 Å². The zero-order chi connectivity index (χ0) is 13.1. The van der Waals surface area contributed by atoms with Gasteiger partial charge >= 0.3 is 0 Å². The van der Waals surface area contributed by atoms with Gasteiger partial charge in [0.25, 0.3) is 0 Å². The fraction of sp³-hybridized carbons (Fsp3) is 0.846. The van der Waals surface area contributed by atoms with Crippen LogP contribution in [0.4, 0.5) is 0 Å².